The van der Waals surface area contributed by atoms with Gasteiger partial charge in [0, 0.05) is 38.3 Å². The molecule has 3 atom stereocenters. The van der Waals surface area contributed by atoms with Crippen molar-refractivity contribution in [2.75, 3.05) is 33.4 Å². The molecule has 0 spiro atoms. The summed E-state index contributed by atoms with van der Waals surface area (Å²) >= 11 is 0. The van der Waals surface area contributed by atoms with Crippen molar-refractivity contribution in [2.24, 2.45) is 0 Å². The van der Waals surface area contributed by atoms with E-state index in [1.165, 1.54) is 16.7 Å². The summed E-state index contributed by atoms with van der Waals surface area (Å²) in [5.41, 5.74) is 4.70. The van der Waals surface area contributed by atoms with Crippen LogP contribution in [0, 0.1) is 0 Å². The molecule has 1 amide bonds. The third-order valence-corrected chi connectivity index (χ3v) is 8.87. The molecule has 42 heavy (non-hydrogen) atoms. The number of carbonyl (C=O) groups is 1. The second-order valence-electron chi connectivity index (χ2n) is 11.6. The molecule has 0 bridgehead atoms. The number of imidazole rings is 1. The Morgan fingerprint density at radius 2 is 1.67 bits per heavy atom. The van der Waals surface area contributed by atoms with Gasteiger partial charge in [0.15, 0.2) is 5.69 Å². The molecule has 4 aromatic rings. The zero-order chi connectivity index (χ0) is 28.9. The Bertz CT molecular complexity index is 1470. The predicted molar refractivity (Wildman–Crippen MR) is 165 cm³/mol. The SMILES string of the molecule is COC[C@]1(O)CCCC[C@H]1n1cnc(C(=O)N2CCNC[C@H]2Cc2ccc(-c3ccccc3)cc2)c1-c1ccccc1. The number of methoxy groups -OCH3 is 1. The highest BCUT2D eigenvalue weighted by Crippen LogP contribution is 2.41. The number of amides is 1. The quantitative estimate of drug-likeness (QED) is 0.301. The van der Waals surface area contributed by atoms with Gasteiger partial charge in [0.25, 0.3) is 5.91 Å². The number of piperazine rings is 1. The van der Waals surface area contributed by atoms with Gasteiger partial charge in [-0.2, -0.15) is 0 Å². The molecule has 1 aromatic heterocycles. The minimum Gasteiger partial charge on any atom is -0.385 e. The molecule has 218 valence electrons. The molecular formula is C35H40N4O3. The van der Waals surface area contributed by atoms with Gasteiger partial charge in [-0.05, 0) is 36.0 Å². The van der Waals surface area contributed by atoms with Crippen LogP contribution >= 0.6 is 0 Å². The van der Waals surface area contributed by atoms with E-state index >= 15 is 0 Å². The molecule has 7 nitrogen and oxygen atoms in total. The number of benzene rings is 3. The largest absolute Gasteiger partial charge is 0.385 e. The van der Waals surface area contributed by atoms with Crippen LogP contribution < -0.4 is 5.32 Å². The fourth-order valence-corrected chi connectivity index (χ4v) is 6.74. The van der Waals surface area contributed by atoms with Crippen molar-refractivity contribution in [3.63, 3.8) is 0 Å². The van der Waals surface area contributed by atoms with Gasteiger partial charge in [0.2, 0.25) is 0 Å². The maximum absolute atomic E-state index is 14.4. The Labute approximate surface area is 248 Å². The third kappa shape index (κ3) is 5.77. The molecule has 0 unspecified atom stereocenters. The molecule has 7 heteroatoms. The lowest BCUT2D eigenvalue weighted by molar-refractivity contribution is -0.0893. The standard InChI is InChI=1S/C35H40N4O3/c1-42-24-35(41)19-9-8-14-31(35)39-25-37-32(33(39)29-12-6-3-7-13-29)34(40)38-21-20-36-23-30(38)22-26-15-17-28(18-16-26)27-10-4-2-5-11-27/h2-7,10-13,15-18,25,30-31,36,41H,8-9,14,19-24H2,1H3/t30-,31-,35-/m1/s1. The normalized spacial score (nSPS) is 22.7. The van der Waals surface area contributed by atoms with E-state index in [0.717, 1.165) is 50.0 Å². The predicted octanol–water partition coefficient (Wildman–Crippen LogP) is 5.37. The maximum Gasteiger partial charge on any atom is 0.275 e. The zero-order valence-corrected chi connectivity index (χ0v) is 24.3. The molecule has 1 saturated heterocycles. The number of nitrogens with zero attached hydrogens (tertiary/aromatic N) is 3. The molecule has 2 N–H and O–H groups in total. The molecule has 0 radical (unpaired) electrons. The van der Waals surface area contributed by atoms with Crippen LogP contribution in [0.1, 0.15) is 47.8 Å². The van der Waals surface area contributed by atoms with Crippen molar-refractivity contribution < 1.29 is 14.6 Å². The number of nitrogens with one attached hydrogen (secondary N) is 1. The highest BCUT2D eigenvalue weighted by atomic mass is 16.5. The fraction of sp³-hybridized carbons (Fsp3) is 0.371. The summed E-state index contributed by atoms with van der Waals surface area (Å²) in [6.45, 7) is 2.33. The molecule has 1 aliphatic heterocycles. The average Bonchev–Trinajstić information content (AvgIpc) is 3.47. The highest BCUT2D eigenvalue weighted by Gasteiger charge is 2.42. The van der Waals surface area contributed by atoms with Crippen molar-refractivity contribution in [1.29, 1.82) is 0 Å². The van der Waals surface area contributed by atoms with Gasteiger partial charge in [-0.15, -0.1) is 0 Å². The van der Waals surface area contributed by atoms with Crippen LogP contribution in [-0.4, -0.2) is 70.5 Å². The summed E-state index contributed by atoms with van der Waals surface area (Å²) in [6, 6.07) is 28.8. The van der Waals surface area contributed by atoms with E-state index < -0.39 is 5.60 Å². The lowest BCUT2D eigenvalue weighted by Crippen LogP contribution is -2.54. The smallest absolute Gasteiger partial charge is 0.275 e. The average molecular weight is 565 g/mol. The molecule has 1 saturated carbocycles. The number of aromatic nitrogens is 2. The van der Waals surface area contributed by atoms with Crippen molar-refractivity contribution >= 4 is 5.91 Å². The Morgan fingerprint density at radius 3 is 2.38 bits per heavy atom. The summed E-state index contributed by atoms with van der Waals surface area (Å²) in [6.07, 6.45) is 5.93. The number of rotatable bonds is 8. The van der Waals surface area contributed by atoms with Gasteiger partial charge in [-0.3, -0.25) is 4.79 Å². The van der Waals surface area contributed by atoms with E-state index in [0.29, 0.717) is 18.7 Å². The minimum absolute atomic E-state index is 0.00250. The first kappa shape index (κ1) is 28.3. The van der Waals surface area contributed by atoms with Gasteiger partial charge in [-0.25, -0.2) is 4.98 Å². The molecule has 2 heterocycles. The fourth-order valence-electron chi connectivity index (χ4n) is 6.74. The lowest BCUT2D eigenvalue weighted by Gasteiger charge is -2.41. The molecule has 3 aromatic carbocycles. The number of ether oxygens (including phenoxy) is 1. The molecule has 1 aliphatic carbocycles. The summed E-state index contributed by atoms with van der Waals surface area (Å²) in [4.78, 5) is 21.1. The maximum atomic E-state index is 14.4. The highest BCUT2D eigenvalue weighted by molar-refractivity contribution is 5.98. The van der Waals surface area contributed by atoms with Crippen molar-refractivity contribution in [3.05, 3.63) is 103 Å². The van der Waals surface area contributed by atoms with Crippen LogP contribution in [0.3, 0.4) is 0 Å². The first-order valence-electron chi connectivity index (χ1n) is 15.1. The van der Waals surface area contributed by atoms with Gasteiger partial charge in [0.1, 0.15) is 5.60 Å². The summed E-state index contributed by atoms with van der Waals surface area (Å²) in [7, 11) is 1.63. The second-order valence-corrected chi connectivity index (χ2v) is 11.6. The summed E-state index contributed by atoms with van der Waals surface area (Å²) in [5, 5.41) is 15.2. The Hall–Kier alpha value is -3.78. The van der Waals surface area contributed by atoms with Crippen molar-refractivity contribution in [2.45, 2.75) is 49.8 Å². The van der Waals surface area contributed by atoms with Crippen molar-refractivity contribution in [1.82, 2.24) is 19.8 Å². The van der Waals surface area contributed by atoms with Gasteiger partial charge in [-0.1, -0.05) is 97.8 Å². The van der Waals surface area contributed by atoms with E-state index in [4.69, 9.17) is 9.72 Å². The number of hydrogen-bond acceptors (Lipinski definition) is 5. The third-order valence-electron chi connectivity index (χ3n) is 8.87. The van der Waals surface area contributed by atoms with Gasteiger partial charge in [0.05, 0.1) is 24.7 Å². The van der Waals surface area contributed by atoms with E-state index in [1.54, 1.807) is 13.4 Å². The topological polar surface area (TPSA) is 79.6 Å². The Balaban J connectivity index is 1.30. The van der Waals surface area contributed by atoms with E-state index in [2.05, 4.69) is 53.8 Å². The summed E-state index contributed by atoms with van der Waals surface area (Å²) < 4.78 is 7.51. The van der Waals surface area contributed by atoms with Crippen LogP contribution in [0.2, 0.25) is 0 Å². The first-order chi connectivity index (χ1) is 20.6. The lowest BCUT2D eigenvalue weighted by atomic mass is 9.80. The minimum atomic E-state index is -1.01. The van der Waals surface area contributed by atoms with Crippen LogP contribution in [0.25, 0.3) is 22.4 Å². The van der Waals surface area contributed by atoms with Crippen LogP contribution in [0.5, 0.6) is 0 Å². The van der Waals surface area contributed by atoms with Gasteiger partial charge < -0.3 is 24.6 Å². The Kier molecular flexibility index (Phi) is 8.51. The van der Waals surface area contributed by atoms with Crippen LogP contribution in [0.15, 0.2) is 91.3 Å². The first-order valence-corrected chi connectivity index (χ1v) is 15.1. The number of aliphatic hydroxyl groups is 1. The van der Waals surface area contributed by atoms with E-state index in [-0.39, 0.29) is 24.6 Å². The summed E-state index contributed by atoms with van der Waals surface area (Å²) in [5.74, 6) is -0.0638. The monoisotopic (exact) mass is 564 g/mol. The van der Waals surface area contributed by atoms with E-state index in [1.807, 2.05) is 45.9 Å². The molecular weight excluding hydrogens is 524 g/mol. The second kappa shape index (κ2) is 12.6. The van der Waals surface area contributed by atoms with E-state index in [9.17, 15) is 9.90 Å². The number of carbonyl (C=O) groups excluding carboxylic acids is 1. The van der Waals surface area contributed by atoms with Crippen LogP contribution in [0.4, 0.5) is 0 Å². The molecule has 2 fully saturated rings. The number of hydrogen-bond donors (Lipinski definition) is 2. The van der Waals surface area contributed by atoms with Crippen molar-refractivity contribution in [3.8, 4) is 22.4 Å². The Morgan fingerprint density at radius 1 is 0.976 bits per heavy atom. The molecule has 2 aliphatic rings. The van der Waals surface area contributed by atoms with Crippen LogP contribution in [-0.2, 0) is 11.2 Å². The molecule has 6 rings (SSSR count). The van der Waals surface area contributed by atoms with Gasteiger partial charge >= 0.3 is 0 Å². The zero-order valence-electron chi connectivity index (χ0n) is 24.3.